The number of ketones is 1. The van der Waals surface area contributed by atoms with Gasteiger partial charge in [-0.2, -0.15) is 0 Å². The first kappa shape index (κ1) is 20.7. The van der Waals surface area contributed by atoms with Gasteiger partial charge in [-0.1, -0.05) is 115 Å². The molecule has 0 bridgehead atoms. The first-order valence-electron chi connectivity index (χ1n) is 10.6. The van der Waals surface area contributed by atoms with E-state index >= 15 is 0 Å². The molecule has 33 heavy (non-hydrogen) atoms. The van der Waals surface area contributed by atoms with E-state index in [9.17, 15) is 4.79 Å². The molecular formula is C29H19NO2S. The summed E-state index contributed by atoms with van der Waals surface area (Å²) in [6, 6.07) is 36.7. The maximum Gasteiger partial charge on any atom is 0.227 e. The molecule has 0 N–H and O–H groups in total. The summed E-state index contributed by atoms with van der Waals surface area (Å²) in [5.41, 5.74) is 4.62. The molecule has 5 rings (SSSR count). The van der Waals surface area contributed by atoms with Crippen LogP contribution in [0.15, 0.2) is 120 Å². The lowest BCUT2D eigenvalue weighted by Crippen LogP contribution is -2.06. The zero-order chi connectivity index (χ0) is 22.6. The smallest absolute Gasteiger partial charge is 0.227 e. The van der Waals surface area contributed by atoms with Crippen molar-refractivity contribution >= 4 is 18.0 Å². The number of rotatable bonds is 5. The highest BCUT2D eigenvalue weighted by molar-refractivity contribution is 7.71. The SMILES string of the molecule is O=C(c1ccccc1)c1c(-c2ccccc2)oc(-c2ccc(-c3ccccc3)cc2)nc1=S. The van der Waals surface area contributed by atoms with Crippen LogP contribution in [0.5, 0.6) is 0 Å². The molecule has 0 saturated carbocycles. The van der Waals surface area contributed by atoms with Crippen molar-refractivity contribution in [3.63, 3.8) is 0 Å². The van der Waals surface area contributed by atoms with Gasteiger partial charge in [0.05, 0.1) is 0 Å². The highest BCUT2D eigenvalue weighted by atomic mass is 32.1. The van der Waals surface area contributed by atoms with Crippen molar-refractivity contribution in [2.45, 2.75) is 0 Å². The van der Waals surface area contributed by atoms with Crippen LogP contribution in [0, 0.1) is 4.64 Å². The minimum Gasteiger partial charge on any atom is -0.437 e. The first-order chi connectivity index (χ1) is 16.2. The molecule has 0 aliphatic rings. The number of hydrogen-bond donors (Lipinski definition) is 0. The van der Waals surface area contributed by atoms with E-state index in [1.54, 1.807) is 12.1 Å². The van der Waals surface area contributed by atoms with Crippen LogP contribution in [0.1, 0.15) is 15.9 Å². The molecule has 0 aliphatic heterocycles. The highest BCUT2D eigenvalue weighted by Gasteiger charge is 2.22. The predicted molar refractivity (Wildman–Crippen MR) is 134 cm³/mol. The molecule has 5 aromatic rings. The van der Waals surface area contributed by atoms with Gasteiger partial charge in [-0.3, -0.25) is 4.79 Å². The Morgan fingerprint density at radius 3 is 1.70 bits per heavy atom. The molecule has 0 radical (unpaired) electrons. The van der Waals surface area contributed by atoms with Crippen molar-refractivity contribution in [2.24, 2.45) is 0 Å². The van der Waals surface area contributed by atoms with Crippen LogP contribution < -0.4 is 0 Å². The normalized spacial score (nSPS) is 10.7. The Balaban J connectivity index is 1.63. The fraction of sp³-hybridized carbons (Fsp3) is 0. The average molecular weight is 446 g/mol. The van der Waals surface area contributed by atoms with E-state index in [4.69, 9.17) is 16.6 Å². The second kappa shape index (κ2) is 9.15. The monoisotopic (exact) mass is 445 g/mol. The molecule has 0 amide bonds. The molecule has 0 saturated heterocycles. The second-order valence-electron chi connectivity index (χ2n) is 7.53. The van der Waals surface area contributed by atoms with Crippen LogP contribution in [0.2, 0.25) is 0 Å². The lowest BCUT2D eigenvalue weighted by molar-refractivity contribution is 0.103. The molecule has 4 heteroatoms. The standard InChI is InChI=1S/C29H19NO2S/c31-26(22-12-6-2-7-13-22)25-27(23-14-8-3-9-15-23)32-28(30-29(25)33)24-18-16-21(17-19-24)20-10-4-1-5-11-20/h1-19H. The van der Waals surface area contributed by atoms with Crippen molar-refractivity contribution in [1.29, 1.82) is 0 Å². The Bertz CT molecular complexity index is 1460. The van der Waals surface area contributed by atoms with Crippen LogP contribution in [-0.4, -0.2) is 10.8 Å². The predicted octanol–water partition coefficient (Wildman–Crippen LogP) is 7.64. The summed E-state index contributed by atoms with van der Waals surface area (Å²) in [5.74, 6) is 0.594. The topological polar surface area (TPSA) is 43.1 Å². The Morgan fingerprint density at radius 1 is 0.606 bits per heavy atom. The van der Waals surface area contributed by atoms with E-state index in [-0.39, 0.29) is 10.4 Å². The third-order valence-corrected chi connectivity index (χ3v) is 5.68. The number of aromatic nitrogens is 1. The molecule has 0 fully saturated rings. The van der Waals surface area contributed by atoms with Gasteiger partial charge in [-0.15, -0.1) is 0 Å². The fourth-order valence-electron chi connectivity index (χ4n) is 3.70. The number of nitrogens with zero attached hydrogens (tertiary/aromatic N) is 1. The molecule has 1 heterocycles. The van der Waals surface area contributed by atoms with Crippen LogP contribution in [0.4, 0.5) is 0 Å². The Kier molecular flexibility index (Phi) is 5.75. The van der Waals surface area contributed by atoms with Gasteiger partial charge in [0.2, 0.25) is 5.89 Å². The summed E-state index contributed by atoms with van der Waals surface area (Å²) in [4.78, 5) is 17.8. The van der Waals surface area contributed by atoms with Crippen molar-refractivity contribution in [3.8, 4) is 33.9 Å². The number of benzene rings is 4. The molecule has 0 aliphatic carbocycles. The van der Waals surface area contributed by atoms with Crippen molar-refractivity contribution in [1.82, 2.24) is 4.98 Å². The Morgan fingerprint density at radius 2 is 1.09 bits per heavy atom. The van der Waals surface area contributed by atoms with E-state index in [2.05, 4.69) is 17.1 Å². The van der Waals surface area contributed by atoms with Crippen LogP contribution in [-0.2, 0) is 0 Å². The van der Waals surface area contributed by atoms with Gasteiger partial charge in [0, 0.05) is 16.7 Å². The van der Waals surface area contributed by atoms with Crippen molar-refractivity contribution in [3.05, 3.63) is 131 Å². The fourth-order valence-corrected chi connectivity index (χ4v) is 3.97. The van der Waals surface area contributed by atoms with Crippen molar-refractivity contribution in [2.75, 3.05) is 0 Å². The number of hydrogen-bond acceptors (Lipinski definition) is 4. The van der Waals surface area contributed by atoms with Gasteiger partial charge < -0.3 is 4.42 Å². The van der Waals surface area contributed by atoms with E-state index < -0.39 is 0 Å². The minimum absolute atomic E-state index is 0.207. The van der Waals surface area contributed by atoms with E-state index in [0.717, 1.165) is 22.3 Å². The molecule has 3 nitrogen and oxygen atoms in total. The van der Waals surface area contributed by atoms with Gasteiger partial charge in [-0.05, 0) is 23.3 Å². The summed E-state index contributed by atoms with van der Waals surface area (Å²) < 4.78 is 6.47. The second-order valence-corrected chi connectivity index (χ2v) is 7.92. The lowest BCUT2D eigenvalue weighted by atomic mass is 10.00. The third-order valence-electron chi connectivity index (χ3n) is 5.38. The van der Waals surface area contributed by atoms with Crippen LogP contribution >= 0.6 is 12.2 Å². The lowest BCUT2D eigenvalue weighted by Gasteiger charge is -2.11. The van der Waals surface area contributed by atoms with Crippen LogP contribution in [0.3, 0.4) is 0 Å². The largest absolute Gasteiger partial charge is 0.437 e. The molecule has 158 valence electrons. The minimum atomic E-state index is -0.207. The highest BCUT2D eigenvalue weighted by Crippen LogP contribution is 2.31. The quantitative estimate of drug-likeness (QED) is 0.206. The molecule has 1 aromatic heterocycles. The molecule has 4 aromatic carbocycles. The van der Waals surface area contributed by atoms with Gasteiger partial charge in [0.15, 0.2) is 11.5 Å². The van der Waals surface area contributed by atoms with E-state index in [1.165, 1.54) is 0 Å². The third kappa shape index (κ3) is 4.29. The Labute approximate surface area is 197 Å². The van der Waals surface area contributed by atoms with Crippen LogP contribution in [0.25, 0.3) is 33.9 Å². The summed E-state index contributed by atoms with van der Waals surface area (Å²) >= 11 is 5.61. The molecule has 0 atom stereocenters. The summed E-state index contributed by atoms with van der Waals surface area (Å²) in [6.07, 6.45) is 0. The van der Waals surface area contributed by atoms with E-state index in [1.807, 2.05) is 91.0 Å². The first-order valence-corrected chi connectivity index (χ1v) is 11.0. The zero-order valence-electron chi connectivity index (χ0n) is 17.6. The zero-order valence-corrected chi connectivity index (χ0v) is 18.5. The molecule has 0 spiro atoms. The van der Waals surface area contributed by atoms with Crippen molar-refractivity contribution < 1.29 is 9.21 Å². The van der Waals surface area contributed by atoms with Gasteiger partial charge in [0.1, 0.15) is 10.2 Å². The maximum absolute atomic E-state index is 13.3. The summed E-state index contributed by atoms with van der Waals surface area (Å²) in [5, 5.41) is 0. The van der Waals surface area contributed by atoms with Gasteiger partial charge in [-0.25, -0.2) is 4.98 Å². The van der Waals surface area contributed by atoms with Gasteiger partial charge in [0.25, 0.3) is 0 Å². The Hall–Kier alpha value is -4.15. The number of carbonyl (C=O) groups excluding carboxylic acids is 1. The molecule has 0 unspecified atom stereocenters. The van der Waals surface area contributed by atoms with Gasteiger partial charge >= 0.3 is 0 Å². The molecular weight excluding hydrogens is 426 g/mol. The summed E-state index contributed by atoms with van der Waals surface area (Å²) in [7, 11) is 0. The number of carbonyl (C=O) groups is 1. The van der Waals surface area contributed by atoms with E-state index in [0.29, 0.717) is 22.8 Å². The summed E-state index contributed by atoms with van der Waals surface area (Å²) in [6.45, 7) is 0. The average Bonchev–Trinajstić information content (AvgIpc) is 2.89. The maximum atomic E-state index is 13.3.